The summed E-state index contributed by atoms with van der Waals surface area (Å²) < 4.78 is 61.5. The third kappa shape index (κ3) is 15.4. The van der Waals surface area contributed by atoms with Crippen LogP contribution in [0.3, 0.4) is 0 Å². The maximum Gasteiger partial charge on any atom is 0.0986 e. The van der Waals surface area contributed by atoms with Crippen LogP contribution in [0.5, 0.6) is 0 Å². The minimum absolute atomic E-state index is 0.672. The minimum Gasteiger partial charge on any atom is -0.174 e. The monoisotopic (exact) mass is 327 g/mol. The van der Waals surface area contributed by atoms with E-state index in [-0.39, 0.29) is 0 Å². The zero-order valence-electron chi connectivity index (χ0n) is 6.95. The molecule has 0 radical (unpaired) electrons. The minimum atomic E-state index is -10.7. The molecule has 2 unspecified atom stereocenters. The Bertz CT molecular complexity index is 181. The average molecular weight is 328 g/mol. The summed E-state index contributed by atoms with van der Waals surface area (Å²) in [4.78, 5) is 0.672. The smallest absolute Gasteiger partial charge is 0.0986 e. The second kappa shape index (κ2) is 3.72. The normalized spacial score (nSPS) is 28.9. The molecular weight excluding hydrogens is 318 g/mol. The van der Waals surface area contributed by atoms with E-state index in [1.54, 1.807) is 0 Å². The predicted molar refractivity (Wildman–Crippen MR) is 53.3 cm³/mol. The molecule has 0 aromatic rings. The van der Waals surface area contributed by atoms with Gasteiger partial charge in [0.15, 0.2) is 0 Å². The Hall–Kier alpha value is 0.880. The van der Waals surface area contributed by atoms with Crippen LogP contribution in [0, 0.1) is 0 Å². The fourth-order valence-electron chi connectivity index (χ4n) is 0.785. The third-order valence-electron chi connectivity index (χ3n) is 1.28. The van der Waals surface area contributed by atoms with Crippen molar-refractivity contribution in [2.45, 2.75) is 17.8 Å². The van der Waals surface area contributed by atoms with Crippen molar-refractivity contribution in [1.29, 1.82) is 0 Å². The van der Waals surface area contributed by atoms with E-state index in [0.717, 1.165) is 0 Å². The molecule has 10 heteroatoms. The van der Waals surface area contributed by atoms with Crippen LogP contribution in [0.1, 0.15) is 12.8 Å². The van der Waals surface area contributed by atoms with Gasteiger partial charge in [-0.25, -0.2) is 0 Å². The standard InChI is InChI=1S/C4H9BrNP.F6P/c5-4-2-1-3-6(4)7;1-7(2,3,4,5)6/h4H,1-3,7H2;/q;-1/p+1. The Kier molecular flexibility index (Phi) is 3.95. The Labute approximate surface area is 87.8 Å². The molecule has 14 heavy (non-hydrogen) atoms. The van der Waals surface area contributed by atoms with Gasteiger partial charge in [0.05, 0.1) is 4.95 Å². The molecule has 0 amide bonds. The van der Waals surface area contributed by atoms with Gasteiger partial charge < -0.3 is 0 Å². The van der Waals surface area contributed by atoms with E-state index in [1.807, 2.05) is 9.39 Å². The van der Waals surface area contributed by atoms with Crippen molar-refractivity contribution in [3.05, 3.63) is 0 Å². The topological polar surface area (TPSA) is 3.24 Å². The van der Waals surface area contributed by atoms with Gasteiger partial charge in [-0.1, -0.05) is 15.9 Å². The van der Waals surface area contributed by atoms with Crippen molar-refractivity contribution in [3.8, 4) is 0 Å². The second-order valence-corrected chi connectivity index (χ2v) is 6.63. The van der Waals surface area contributed by atoms with E-state index in [2.05, 4.69) is 20.6 Å². The van der Waals surface area contributed by atoms with Crippen molar-refractivity contribution < 1.29 is 25.2 Å². The summed E-state index contributed by atoms with van der Waals surface area (Å²) in [7, 11) is -8.70. The van der Waals surface area contributed by atoms with Crippen molar-refractivity contribution in [2.24, 2.45) is 0 Å². The van der Waals surface area contributed by atoms with Crippen molar-refractivity contribution in [2.75, 3.05) is 6.54 Å². The zero-order chi connectivity index (χ0) is 11.7. The van der Waals surface area contributed by atoms with Gasteiger partial charge in [0.1, 0.15) is 0 Å². The molecule has 1 aliphatic rings. The summed E-state index contributed by atoms with van der Waals surface area (Å²) in [5, 5.41) is 0. The molecule has 0 bridgehead atoms. The van der Waals surface area contributed by atoms with Gasteiger partial charge >= 0.3 is 33.0 Å². The molecule has 0 aromatic heterocycles. The Balaban J connectivity index is 0.000000241. The molecule has 0 N–H and O–H groups in total. The maximum atomic E-state index is 9.87. The van der Waals surface area contributed by atoms with Crippen LogP contribution < -0.4 is 0 Å². The number of hydrogen-bond donors (Lipinski definition) is 0. The SMILES string of the molecule is F[P-](F)(F)(F)(F)F.[PH3+]N1CCCC1Br. The number of rotatable bonds is 0. The average Bonchev–Trinajstić information content (AvgIpc) is 2.07. The van der Waals surface area contributed by atoms with Crippen LogP contribution in [-0.2, 0) is 0 Å². The largest absolute Gasteiger partial charge is 0.174 e. The molecule has 1 heterocycles. The van der Waals surface area contributed by atoms with Gasteiger partial charge in [-0.15, -0.1) is 0 Å². The first-order valence-electron chi connectivity index (χ1n) is 3.53. The Morgan fingerprint density at radius 2 is 1.50 bits per heavy atom. The van der Waals surface area contributed by atoms with Gasteiger partial charge in [-0.2, -0.15) is 4.67 Å². The van der Waals surface area contributed by atoms with Crippen LogP contribution >= 0.6 is 33.1 Å². The number of halogens is 7. The van der Waals surface area contributed by atoms with Crippen LogP contribution in [0.15, 0.2) is 0 Å². The number of hydrogen-bond acceptors (Lipinski definition) is 1. The second-order valence-electron chi connectivity index (χ2n) is 2.85. The van der Waals surface area contributed by atoms with Crippen LogP contribution in [0.25, 0.3) is 0 Å². The Morgan fingerprint density at radius 1 is 1.14 bits per heavy atom. The van der Waals surface area contributed by atoms with E-state index in [4.69, 9.17) is 0 Å². The van der Waals surface area contributed by atoms with Crippen molar-refractivity contribution in [1.82, 2.24) is 4.67 Å². The molecule has 1 saturated heterocycles. The predicted octanol–water partition coefficient (Wildman–Crippen LogP) is 4.71. The van der Waals surface area contributed by atoms with Crippen LogP contribution in [0.2, 0.25) is 0 Å². The summed E-state index contributed by atoms with van der Waals surface area (Å²) in [6, 6.07) is 0. The first-order valence-corrected chi connectivity index (χ1v) is 7.11. The quantitative estimate of drug-likeness (QED) is 0.269. The molecule has 90 valence electrons. The van der Waals surface area contributed by atoms with E-state index in [9.17, 15) is 25.2 Å². The summed E-state index contributed by atoms with van der Waals surface area (Å²) in [6.07, 6.45) is 2.68. The van der Waals surface area contributed by atoms with Gasteiger partial charge in [0, 0.05) is 15.9 Å². The molecule has 0 aromatic carbocycles. The molecule has 0 spiro atoms. The van der Waals surface area contributed by atoms with Crippen LogP contribution in [-0.4, -0.2) is 16.2 Å². The molecule has 2 atom stereocenters. The van der Waals surface area contributed by atoms with E-state index in [1.165, 1.54) is 19.4 Å². The van der Waals surface area contributed by atoms with Gasteiger partial charge in [-0.3, -0.25) is 0 Å². The van der Waals surface area contributed by atoms with Crippen molar-refractivity contribution >= 4 is 33.1 Å². The third-order valence-corrected chi connectivity index (χ3v) is 3.61. The van der Waals surface area contributed by atoms with E-state index < -0.39 is 7.81 Å². The van der Waals surface area contributed by atoms with Gasteiger partial charge in [0.25, 0.3) is 0 Å². The summed E-state index contributed by atoms with van der Waals surface area (Å²) >= 11 is 3.54. The molecule has 1 rings (SSSR count). The maximum absolute atomic E-state index is 10.7. The first kappa shape index (κ1) is 14.9. The molecule has 0 aliphatic carbocycles. The van der Waals surface area contributed by atoms with Crippen LogP contribution in [0.4, 0.5) is 25.2 Å². The first-order chi connectivity index (χ1) is 5.75. The van der Waals surface area contributed by atoms with E-state index in [0.29, 0.717) is 4.95 Å². The van der Waals surface area contributed by atoms with E-state index >= 15 is 0 Å². The molecular formula is C4H10BrF6NP2. The summed E-state index contributed by atoms with van der Waals surface area (Å²) in [5.41, 5.74) is 0. The van der Waals surface area contributed by atoms with Gasteiger partial charge in [0.2, 0.25) is 0 Å². The molecule has 1 aliphatic heterocycles. The number of alkyl halides is 1. The fraction of sp³-hybridized carbons (Fsp3) is 1.00. The number of nitrogens with zero attached hydrogens (tertiary/aromatic N) is 1. The molecule has 0 saturated carbocycles. The molecule has 1 nitrogen and oxygen atoms in total. The summed E-state index contributed by atoms with van der Waals surface area (Å²) in [5.74, 6) is 0. The van der Waals surface area contributed by atoms with Gasteiger partial charge in [-0.05, 0) is 12.8 Å². The molecule has 1 fully saturated rings. The van der Waals surface area contributed by atoms with Crippen molar-refractivity contribution in [3.63, 3.8) is 0 Å². The Morgan fingerprint density at radius 3 is 1.57 bits per heavy atom. The fourth-order valence-corrected chi connectivity index (χ4v) is 1.72. The summed E-state index contributed by atoms with van der Waals surface area (Å²) in [6.45, 7) is 1.27. The zero-order valence-corrected chi connectivity index (χ0v) is 10.8.